The fraction of sp³-hybridized carbons (Fsp3) is 0.263. The Balaban J connectivity index is 1.75. The van der Waals surface area contributed by atoms with Crippen LogP contribution in [0.5, 0.6) is 0 Å². The molecule has 0 atom stereocenters. The Morgan fingerprint density at radius 3 is 2.17 bits per heavy atom. The number of hydrogen-bond donors (Lipinski definition) is 2. The van der Waals surface area contributed by atoms with Crippen molar-refractivity contribution in [3.63, 3.8) is 0 Å². The van der Waals surface area contributed by atoms with E-state index in [4.69, 9.17) is 0 Å². The van der Waals surface area contributed by atoms with Gasteiger partial charge < -0.3 is 5.32 Å². The lowest BCUT2D eigenvalue weighted by Gasteiger charge is -2.39. The van der Waals surface area contributed by atoms with Gasteiger partial charge in [-0.15, -0.1) is 0 Å². The van der Waals surface area contributed by atoms with Crippen molar-refractivity contribution >= 4 is 0 Å². The van der Waals surface area contributed by atoms with Crippen LogP contribution in [0.15, 0.2) is 61.2 Å². The minimum absolute atomic E-state index is 0.0864. The number of rotatable bonds is 3. The van der Waals surface area contributed by atoms with Crippen LogP contribution in [0.2, 0.25) is 0 Å². The minimum atomic E-state index is 0.0864. The number of pyridine rings is 1. The van der Waals surface area contributed by atoms with E-state index in [1.807, 2.05) is 24.8 Å². The lowest BCUT2D eigenvalue weighted by atomic mass is 9.68. The third kappa shape index (κ3) is 2.55. The Hall–Kier alpha value is -2.46. The number of aromatic amines is 1. The summed E-state index contributed by atoms with van der Waals surface area (Å²) >= 11 is 0. The van der Waals surface area contributed by atoms with E-state index in [1.165, 1.54) is 16.7 Å². The Bertz CT molecular complexity index is 742. The second-order valence-electron chi connectivity index (χ2n) is 6.13. The van der Waals surface area contributed by atoms with Gasteiger partial charge in [-0.2, -0.15) is 5.10 Å². The summed E-state index contributed by atoms with van der Waals surface area (Å²) in [5, 5.41) is 10.4. The van der Waals surface area contributed by atoms with Crippen molar-refractivity contribution in [1.29, 1.82) is 0 Å². The molecule has 1 saturated heterocycles. The van der Waals surface area contributed by atoms with Gasteiger partial charge in [-0.05, 0) is 54.8 Å². The highest BCUT2D eigenvalue weighted by Gasteiger charge is 2.35. The lowest BCUT2D eigenvalue weighted by molar-refractivity contribution is 0.362. The van der Waals surface area contributed by atoms with Crippen molar-refractivity contribution in [2.75, 3.05) is 13.1 Å². The lowest BCUT2D eigenvalue weighted by Crippen LogP contribution is -2.40. The molecule has 0 radical (unpaired) electrons. The molecule has 1 fully saturated rings. The molecule has 2 N–H and O–H groups in total. The summed E-state index contributed by atoms with van der Waals surface area (Å²) in [5.74, 6) is 0. The molecule has 1 aliphatic heterocycles. The third-order valence-corrected chi connectivity index (χ3v) is 4.96. The van der Waals surface area contributed by atoms with E-state index in [0.717, 1.165) is 31.5 Å². The molecule has 1 aliphatic rings. The van der Waals surface area contributed by atoms with Crippen LogP contribution in [-0.4, -0.2) is 28.3 Å². The highest BCUT2D eigenvalue weighted by molar-refractivity contribution is 5.62. The summed E-state index contributed by atoms with van der Waals surface area (Å²) in [6.45, 7) is 2.09. The van der Waals surface area contributed by atoms with Crippen molar-refractivity contribution in [3.05, 3.63) is 72.3 Å². The molecule has 0 spiro atoms. The van der Waals surface area contributed by atoms with Gasteiger partial charge in [0.2, 0.25) is 0 Å². The number of aromatic nitrogens is 3. The molecule has 3 aromatic rings. The smallest absolute Gasteiger partial charge is 0.0565 e. The first-order valence-electron chi connectivity index (χ1n) is 8.09. The first-order chi connectivity index (χ1) is 11.4. The van der Waals surface area contributed by atoms with E-state index >= 15 is 0 Å². The summed E-state index contributed by atoms with van der Waals surface area (Å²) in [7, 11) is 0. The van der Waals surface area contributed by atoms with Crippen molar-refractivity contribution in [1.82, 2.24) is 20.5 Å². The maximum atomic E-state index is 4.19. The highest BCUT2D eigenvalue weighted by Crippen LogP contribution is 2.40. The zero-order chi connectivity index (χ0) is 15.5. The van der Waals surface area contributed by atoms with Gasteiger partial charge in [0.15, 0.2) is 0 Å². The summed E-state index contributed by atoms with van der Waals surface area (Å²) in [4.78, 5) is 4.19. The number of nitrogens with one attached hydrogen (secondary N) is 2. The quantitative estimate of drug-likeness (QED) is 0.781. The van der Waals surface area contributed by atoms with Crippen LogP contribution >= 0.6 is 0 Å². The van der Waals surface area contributed by atoms with Crippen LogP contribution in [0.3, 0.4) is 0 Å². The molecule has 116 valence electrons. The number of H-pyrrole nitrogens is 1. The zero-order valence-corrected chi connectivity index (χ0v) is 13.0. The maximum Gasteiger partial charge on any atom is 0.0565 e. The first-order valence-corrected chi connectivity index (χ1v) is 8.09. The van der Waals surface area contributed by atoms with E-state index in [2.05, 4.69) is 56.9 Å². The molecule has 2 aromatic heterocycles. The van der Waals surface area contributed by atoms with Gasteiger partial charge in [-0.1, -0.05) is 24.3 Å². The van der Waals surface area contributed by atoms with Crippen LogP contribution in [0.25, 0.3) is 11.1 Å². The molecular formula is C19H20N4. The third-order valence-electron chi connectivity index (χ3n) is 4.96. The SMILES string of the molecule is c1cc(C2(c3ccc(-c4cn[nH]c4)cc3)CCNCC2)ccn1. The van der Waals surface area contributed by atoms with Crippen LogP contribution in [0.1, 0.15) is 24.0 Å². The molecular weight excluding hydrogens is 284 g/mol. The second-order valence-corrected chi connectivity index (χ2v) is 6.13. The molecule has 0 saturated carbocycles. The average molecular weight is 304 g/mol. The maximum absolute atomic E-state index is 4.19. The van der Waals surface area contributed by atoms with Gasteiger partial charge in [-0.25, -0.2) is 0 Å². The van der Waals surface area contributed by atoms with Gasteiger partial charge in [-0.3, -0.25) is 10.1 Å². The zero-order valence-electron chi connectivity index (χ0n) is 13.0. The molecule has 4 heteroatoms. The topological polar surface area (TPSA) is 53.6 Å². The molecule has 0 amide bonds. The molecule has 4 rings (SSSR count). The predicted octanol–water partition coefficient (Wildman–Crippen LogP) is 3.14. The number of hydrogen-bond acceptors (Lipinski definition) is 3. The summed E-state index contributed by atoms with van der Waals surface area (Å²) in [6.07, 6.45) is 9.82. The summed E-state index contributed by atoms with van der Waals surface area (Å²) in [5.41, 5.74) is 5.16. The van der Waals surface area contributed by atoms with Crippen LogP contribution in [0.4, 0.5) is 0 Å². The van der Waals surface area contributed by atoms with E-state index < -0.39 is 0 Å². The standard InChI is InChI=1S/C19H20N4/c1-3-17(4-2-15(1)16-13-22-23-14-16)19(7-11-21-12-8-19)18-5-9-20-10-6-18/h1-6,9-10,13-14,21H,7-8,11-12H2,(H,22,23). The fourth-order valence-corrected chi connectivity index (χ4v) is 3.66. The van der Waals surface area contributed by atoms with Crippen LogP contribution in [0, 0.1) is 0 Å². The molecule has 23 heavy (non-hydrogen) atoms. The Labute approximate surface area is 136 Å². The Kier molecular flexibility index (Phi) is 3.67. The Morgan fingerprint density at radius 2 is 1.52 bits per heavy atom. The van der Waals surface area contributed by atoms with Crippen LogP contribution < -0.4 is 5.32 Å². The van der Waals surface area contributed by atoms with Gasteiger partial charge in [0, 0.05) is 29.6 Å². The van der Waals surface area contributed by atoms with Gasteiger partial charge in [0.1, 0.15) is 0 Å². The van der Waals surface area contributed by atoms with Crippen molar-refractivity contribution < 1.29 is 0 Å². The van der Waals surface area contributed by atoms with Crippen molar-refractivity contribution in [2.45, 2.75) is 18.3 Å². The second kappa shape index (κ2) is 5.97. The van der Waals surface area contributed by atoms with Crippen molar-refractivity contribution in [2.24, 2.45) is 0 Å². The molecule has 3 heterocycles. The molecule has 0 bridgehead atoms. The van der Waals surface area contributed by atoms with E-state index in [9.17, 15) is 0 Å². The molecule has 0 aliphatic carbocycles. The average Bonchev–Trinajstić information content (AvgIpc) is 3.18. The Morgan fingerprint density at radius 1 is 0.826 bits per heavy atom. The molecule has 4 nitrogen and oxygen atoms in total. The molecule has 0 unspecified atom stereocenters. The first kappa shape index (κ1) is 14.2. The van der Waals surface area contributed by atoms with Crippen LogP contribution in [-0.2, 0) is 5.41 Å². The van der Waals surface area contributed by atoms with E-state index in [-0.39, 0.29) is 5.41 Å². The number of benzene rings is 1. The van der Waals surface area contributed by atoms with Gasteiger partial charge >= 0.3 is 0 Å². The fourth-order valence-electron chi connectivity index (χ4n) is 3.66. The van der Waals surface area contributed by atoms with Gasteiger partial charge in [0.25, 0.3) is 0 Å². The van der Waals surface area contributed by atoms with E-state index in [1.54, 1.807) is 0 Å². The van der Waals surface area contributed by atoms with E-state index in [0.29, 0.717) is 0 Å². The normalized spacial score (nSPS) is 17.0. The number of nitrogens with zero attached hydrogens (tertiary/aromatic N) is 2. The highest BCUT2D eigenvalue weighted by atomic mass is 15.1. The van der Waals surface area contributed by atoms with Crippen molar-refractivity contribution in [3.8, 4) is 11.1 Å². The number of piperidine rings is 1. The predicted molar refractivity (Wildman–Crippen MR) is 91.1 cm³/mol. The van der Waals surface area contributed by atoms with Gasteiger partial charge in [0.05, 0.1) is 6.20 Å². The summed E-state index contributed by atoms with van der Waals surface area (Å²) < 4.78 is 0. The largest absolute Gasteiger partial charge is 0.317 e. The summed E-state index contributed by atoms with van der Waals surface area (Å²) in [6, 6.07) is 13.3. The molecule has 1 aromatic carbocycles. The minimum Gasteiger partial charge on any atom is -0.317 e. The monoisotopic (exact) mass is 304 g/mol.